The summed E-state index contributed by atoms with van der Waals surface area (Å²) in [7, 11) is 0. The maximum Gasteiger partial charge on any atom is 0.344 e. The summed E-state index contributed by atoms with van der Waals surface area (Å²) in [5.41, 5.74) is -0.291. The van der Waals surface area contributed by atoms with Gasteiger partial charge in [-0.05, 0) is 75.0 Å². The topological polar surface area (TPSA) is 52.6 Å². The lowest BCUT2D eigenvalue weighted by atomic mass is 9.49. The molecule has 4 heteroatoms. The van der Waals surface area contributed by atoms with E-state index in [9.17, 15) is 9.59 Å². The normalized spacial score (nSPS) is 35.1. The summed E-state index contributed by atoms with van der Waals surface area (Å²) in [5, 5.41) is 0. The molecule has 0 aromatic rings. The lowest BCUT2D eigenvalue weighted by Crippen LogP contribution is -2.60. The van der Waals surface area contributed by atoms with Crippen molar-refractivity contribution in [3.63, 3.8) is 0 Å². The molecule has 4 fully saturated rings. The molecular formula is C23H38O4. The highest BCUT2D eigenvalue weighted by Gasteiger charge is 2.59. The Bertz CT molecular complexity index is 498. The minimum Gasteiger partial charge on any atom is -0.456 e. The van der Waals surface area contributed by atoms with E-state index < -0.39 is 0 Å². The van der Waals surface area contributed by atoms with Crippen LogP contribution in [0.2, 0.25) is 0 Å². The largest absolute Gasteiger partial charge is 0.456 e. The van der Waals surface area contributed by atoms with Crippen molar-refractivity contribution >= 4 is 11.9 Å². The molecule has 4 saturated carbocycles. The number of hydrogen-bond donors (Lipinski definition) is 0. The van der Waals surface area contributed by atoms with Crippen molar-refractivity contribution in [2.75, 3.05) is 6.61 Å². The summed E-state index contributed by atoms with van der Waals surface area (Å²) in [6, 6.07) is 0. The van der Waals surface area contributed by atoms with E-state index in [-0.39, 0.29) is 30.1 Å². The Balaban J connectivity index is 1.64. The molecule has 4 rings (SSSR count). The zero-order chi connectivity index (χ0) is 19.4. The van der Waals surface area contributed by atoms with Gasteiger partial charge < -0.3 is 9.47 Å². The summed E-state index contributed by atoms with van der Waals surface area (Å²) in [6.07, 6.45) is 12.8. The van der Waals surface area contributed by atoms with Crippen LogP contribution in [0.25, 0.3) is 0 Å². The number of ether oxygens (including phenoxy) is 2. The Labute approximate surface area is 164 Å². The van der Waals surface area contributed by atoms with Crippen LogP contribution >= 0.6 is 0 Å². The monoisotopic (exact) mass is 378 g/mol. The Morgan fingerprint density at radius 2 is 1.59 bits per heavy atom. The van der Waals surface area contributed by atoms with Crippen molar-refractivity contribution in [2.45, 2.75) is 97.0 Å². The quantitative estimate of drug-likeness (QED) is 0.383. The van der Waals surface area contributed by atoms with Gasteiger partial charge in [0.05, 0.1) is 5.92 Å². The first-order valence-corrected chi connectivity index (χ1v) is 11.4. The van der Waals surface area contributed by atoms with Crippen molar-refractivity contribution in [1.82, 2.24) is 0 Å². The number of unbranched alkanes of at least 4 members (excludes halogenated alkanes) is 3. The fourth-order valence-electron chi connectivity index (χ4n) is 6.12. The fourth-order valence-corrected chi connectivity index (χ4v) is 6.12. The van der Waals surface area contributed by atoms with Crippen molar-refractivity contribution in [3.05, 3.63) is 0 Å². The summed E-state index contributed by atoms with van der Waals surface area (Å²) >= 11 is 0. The third-order valence-corrected chi connectivity index (χ3v) is 7.59. The van der Waals surface area contributed by atoms with Crippen molar-refractivity contribution < 1.29 is 19.1 Å². The minimum absolute atomic E-state index is 0.165. The van der Waals surface area contributed by atoms with Crippen LogP contribution < -0.4 is 0 Å². The number of rotatable bonds is 10. The van der Waals surface area contributed by atoms with Gasteiger partial charge in [-0.25, -0.2) is 4.79 Å². The van der Waals surface area contributed by atoms with E-state index >= 15 is 0 Å². The van der Waals surface area contributed by atoms with E-state index in [1.165, 1.54) is 51.4 Å². The molecule has 1 atom stereocenters. The lowest BCUT2D eigenvalue weighted by Gasteiger charge is -2.60. The molecule has 0 heterocycles. The molecule has 0 aromatic carbocycles. The van der Waals surface area contributed by atoms with Crippen LogP contribution in [-0.2, 0) is 19.1 Å². The second-order valence-electron chi connectivity index (χ2n) is 9.46. The highest BCUT2D eigenvalue weighted by molar-refractivity contribution is 5.77. The molecule has 154 valence electrons. The smallest absolute Gasteiger partial charge is 0.344 e. The number of carbonyl (C=O) groups excluding carboxylic acids is 2. The SMILES string of the molecule is CCCCCCC1(OC(=O)COC(=O)C(C)CC)C2CC3CC(C2)CC1C3. The molecule has 0 radical (unpaired) electrons. The first-order chi connectivity index (χ1) is 13.0. The number of hydrogen-bond acceptors (Lipinski definition) is 4. The molecule has 0 aromatic heterocycles. The molecule has 27 heavy (non-hydrogen) atoms. The Hall–Kier alpha value is -1.06. The number of carbonyl (C=O) groups is 2. The summed E-state index contributed by atoms with van der Waals surface area (Å²) < 4.78 is 11.5. The van der Waals surface area contributed by atoms with E-state index in [0.29, 0.717) is 11.8 Å². The molecule has 0 amide bonds. The predicted molar refractivity (Wildman–Crippen MR) is 105 cm³/mol. The van der Waals surface area contributed by atoms with Crippen LogP contribution in [-0.4, -0.2) is 24.1 Å². The van der Waals surface area contributed by atoms with Crippen LogP contribution in [0.15, 0.2) is 0 Å². The van der Waals surface area contributed by atoms with E-state index in [4.69, 9.17) is 9.47 Å². The van der Waals surface area contributed by atoms with Gasteiger partial charge in [0.1, 0.15) is 5.60 Å². The molecular weight excluding hydrogens is 340 g/mol. The summed E-state index contributed by atoms with van der Waals surface area (Å²) in [4.78, 5) is 24.6. The van der Waals surface area contributed by atoms with Gasteiger partial charge in [-0.2, -0.15) is 0 Å². The van der Waals surface area contributed by atoms with Crippen LogP contribution in [0, 0.1) is 29.6 Å². The third kappa shape index (κ3) is 4.51. The molecule has 0 N–H and O–H groups in total. The molecule has 4 nitrogen and oxygen atoms in total. The zero-order valence-corrected chi connectivity index (χ0v) is 17.5. The van der Waals surface area contributed by atoms with Gasteiger partial charge in [0, 0.05) is 0 Å². The summed E-state index contributed by atoms with van der Waals surface area (Å²) in [5.74, 6) is 1.93. The maximum absolute atomic E-state index is 12.6. The van der Waals surface area contributed by atoms with Crippen LogP contribution in [0.3, 0.4) is 0 Å². The predicted octanol–water partition coefficient (Wildman–Crippen LogP) is 5.28. The van der Waals surface area contributed by atoms with E-state index in [2.05, 4.69) is 6.92 Å². The lowest BCUT2D eigenvalue weighted by molar-refractivity contribution is -0.216. The molecule has 1 unspecified atom stereocenters. The third-order valence-electron chi connectivity index (χ3n) is 7.59. The van der Waals surface area contributed by atoms with Gasteiger partial charge in [0.15, 0.2) is 6.61 Å². The molecule has 0 spiro atoms. The first kappa shape index (κ1) is 20.7. The zero-order valence-electron chi connectivity index (χ0n) is 17.5. The van der Waals surface area contributed by atoms with Crippen LogP contribution in [0.1, 0.15) is 91.4 Å². The second kappa shape index (κ2) is 8.96. The minimum atomic E-state index is -0.338. The van der Waals surface area contributed by atoms with E-state index in [1.54, 1.807) is 0 Å². The molecule has 0 saturated heterocycles. The molecule has 4 aliphatic rings. The number of esters is 2. The first-order valence-electron chi connectivity index (χ1n) is 11.4. The van der Waals surface area contributed by atoms with Gasteiger partial charge in [-0.15, -0.1) is 0 Å². The fraction of sp³-hybridized carbons (Fsp3) is 0.913. The van der Waals surface area contributed by atoms with Gasteiger partial charge in [0.25, 0.3) is 0 Å². The average Bonchev–Trinajstić information content (AvgIpc) is 2.65. The van der Waals surface area contributed by atoms with Crippen molar-refractivity contribution in [1.29, 1.82) is 0 Å². The van der Waals surface area contributed by atoms with Crippen molar-refractivity contribution in [2.24, 2.45) is 29.6 Å². The van der Waals surface area contributed by atoms with Crippen LogP contribution in [0.5, 0.6) is 0 Å². The maximum atomic E-state index is 12.6. The average molecular weight is 379 g/mol. The van der Waals surface area contributed by atoms with Gasteiger partial charge in [0.2, 0.25) is 0 Å². The molecule has 4 bridgehead atoms. The second-order valence-corrected chi connectivity index (χ2v) is 9.46. The van der Waals surface area contributed by atoms with Gasteiger partial charge in [-0.1, -0.05) is 40.0 Å². The standard InChI is InChI=1S/C23H38O4/c1-4-6-7-8-9-23(27-21(24)15-26-22(25)16(3)5-2)19-11-17-10-18(13-19)14-20(23)12-17/h16-20H,4-15H2,1-3H3. The van der Waals surface area contributed by atoms with E-state index in [1.807, 2.05) is 13.8 Å². The Kier molecular flexibility index (Phi) is 6.86. The highest BCUT2D eigenvalue weighted by Crippen LogP contribution is 2.61. The Morgan fingerprint density at radius 1 is 0.963 bits per heavy atom. The van der Waals surface area contributed by atoms with Crippen molar-refractivity contribution in [3.8, 4) is 0 Å². The highest BCUT2D eigenvalue weighted by atomic mass is 16.6. The van der Waals surface area contributed by atoms with E-state index in [0.717, 1.165) is 31.1 Å². The molecule has 0 aliphatic heterocycles. The summed E-state index contributed by atoms with van der Waals surface area (Å²) in [6.45, 7) is 5.78. The Morgan fingerprint density at radius 3 is 2.15 bits per heavy atom. The molecule has 4 aliphatic carbocycles. The van der Waals surface area contributed by atoms with Gasteiger partial charge >= 0.3 is 11.9 Å². The van der Waals surface area contributed by atoms with Gasteiger partial charge in [-0.3, -0.25) is 4.79 Å². The van der Waals surface area contributed by atoms with Crippen LogP contribution in [0.4, 0.5) is 0 Å².